The van der Waals surface area contributed by atoms with Crippen LogP contribution in [0, 0.1) is 0 Å². The fourth-order valence-corrected chi connectivity index (χ4v) is 3.03. The maximum absolute atomic E-state index is 12.0. The van der Waals surface area contributed by atoms with Crippen molar-refractivity contribution in [2.75, 3.05) is 6.54 Å². The van der Waals surface area contributed by atoms with Gasteiger partial charge in [-0.3, -0.25) is 0 Å². The monoisotopic (exact) mass is 327 g/mol. The Bertz CT molecular complexity index is 715. The van der Waals surface area contributed by atoms with Crippen molar-refractivity contribution < 1.29 is 9.21 Å². The lowest BCUT2D eigenvalue weighted by atomic mass is 9.93. The van der Waals surface area contributed by atoms with E-state index in [1.165, 1.54) is 11.1 Å². The van der Waals surface area contributed by atoms with E-state index in [0.717, 1.165) is 18.5 Å². The van der Waals surface area contributed by atoms with Crippen molar-refractivity contribution in [3.8, 4) is 0 Å². The zero-order valence-corrected chi connectivity index (χ0v) is 14.6. The predicted octanol–water partition coefficient (Wildman–Crippen LogP) is 3.50. The highest BCUT2D eigenvalue weighted by atomic mass is 16.3. The highest BCUT2D eigenvalue weighted by Gasteiger charge is 2.22. The molecule has 1 atom stereocenters. The third-order valence-electron chi connectivity index (χ3n) is 4.49. The van der Waals surface area contributed by atoms with Crippen LogP contribution >= 0.6 is 0 Å². The Hall–Kier alpha value is -2.30. The number of hydrogen-bond donors (Lipinski definition) is 2. The maximum atomic E-state index is 12.0. The number of nitrogens with one attached hydrogen (secondary N) is 2. The number of oxazole rings is 1. The molecule has 1 aliphatic rings. The number of rotatable bonds is 4. The number of amides is 2. The molecule has 0 bridgehead atoms. The first-order valence-electron chi connectivity index (χ1n) is 8.48. The third kappa shape index (κ3) is 3.78. The first-order valence-corrected chi connectivity index (χ1v) is 8.48. The van der Waals surface area contributed by atoms with E-state index in [0.29, 0.717) is 24.9 Å². The van der Waals surface area contributed by atoms with Gasteiger partial charge < -0.3 is 15.1 Å². The molecular weight excluding hydrogens is 302 g/mol. The number of hydrogen-bond acceptors (Lipinski definition) is 3. The van der Waals surface area contributed by atoms with E-state index in [4.69, 9.17) is 4.42 Å². The molecule has 1 unspecified atom stereocenters. The van der Waals surface area contributed by atoms with Gasteiger partial charge in [-0.15, -0.1) is 0 Å². The molecule has 5 heteroatoms. The Morgan fingerprint density at radius 1 is 1.29 bits per heavy atom. The minimum Gasteiger partial charge on any atom is -0.447 e. The standard InChI is InChI=1S/C19H25N3O2/c1-19(2,3)16-12-24-17(22-16)11-21-18(23)20-10-14-9-8-13-6-4-5-7-15(13)14/h4-7,12,14H,8-11H2,1-3H3,(H2,20,21,23). The van der Waals surface area contributed by atoms with Gasteiger partial charge in [-0.25, -0.2) is 9.78 Å². The second kappa shape index (κ2) is 6.67. The maximum Gasteiger partial charge on any atom is 0.315 e. The van der Waals surface area contributed by atoms with Crippen LogP contribution in [0.1, 0.15) is 55.8 Å². The van der Waals surface area contributed by atoms with Crippen LogP contribution < -0.4 is 10.6 Å². The normalized spacial score (nSPS) is 16.7. The summed E-state index contributed by atoms with van der Waals surface area (Å²) in [7, 11) is 0. The van der Waals surface area contributed by atoms with Gasteiger partial charge in [0, 0.05) is 17.9 Å². The lowest BCUT2D eigenvalue weighted by Crippen LogP contribution is -2.37. The van der Waals surface area contributed by atoms with Gasteiger partial charge >= 0.3 is 6.03 Å². The summed E-state index contributed by atoms with van der Waals surface area (Å²) < 4.78 is 5.41. The number of urea groups is 1. The molecule has 1 aliphatic carbocycles. The van der Waals surface area contributed by atoms with Gasteiger partial charge in [-0.2, -0.15) is 0 Å². The lowest BCUT2D eigenvalue weighted by Gasteiger charge is -2.13. The number of aromatic nitrogens is 1. The zero-order valence-electron chi connectivity index (χ0n) is 14.6. The topological polar surface area (TPSA) is 67.2 Å². The van der Waals surface area contributed by atoms with E-state index in [2.05, 4.69) is 60.7 Å². The van der Waals surface area contributed by atoms with E-state index >= 15 is 0 Å². The molecule has 0 saturated carbocycles. The lowest BCUT2D eigenvalue weighted by molar-refractivity contribution is 0.238. The van der Waals surface area contributed by atoms with E-state index in [9.17, 15) is 4.79 Å². The van der Waals surface area contributed by atoms with Crippen molar-refractivity contribution in [3.05, 3.63) is 53.2 Å². The van der Waals surface area contributed by atoms with Crippen molar-refractivity contribution in [2.45, 2.75) is 51.5 Å². The SMILES string of the molecule is CC(C)(C)c1coc(CNC(=O)NCC2CCc3ccccc32)n1. The summed E-state index contributed by atoms with van der Waals surface area (Å²) in [4.78, 5) is 16.4. The number of carbonyl (C=O) groups excluding carboxylic acids is 1. The minimum atomic E-state index is -0.185. The summed E-state index contributed by atoms with van der Waals surface area (Å²) >= 11 is 0. The molecule has 3 rings (SSSR count). The quantitative estimate of drug-likeness (QED) is 0.903. The number of benzene rings is 1. The van der Waals surface area contributed by atoms with Gasteiger partial charge in [0.2, 0.25) is 5.89 Å². The largest absolute Gasteiger partial charge is 0.447 e. The molecule has 1 aromatic heterocycles. The Kier molecular flexibility index (Phi) is 4.60. The Labute approximate surface area is 142 Å². The Morgan fingerprint density at radius 3 is 2.83 bits per heavy atom. The van der Waals surface area contributed by atoms with Crippen LogP contribution in [0.5, 0.6) is 0 Å². The van der Waals surface area contributed by atoms with Gasteiger partial charge in [0.1, 0.15) is 6.26 Å². The molecule has 2 amide bonds. The molecular formula is C19H25N3O2. The van der Waals surface area contributed by atoms with E-state index in [1.807, 2.05) is 0 Å². The van der Waals surface area contributed by atoms with Crippen molar-refractivity contribution >= 4 is 6.03 Å². The Morgan fingerprint density at radius 2 is 2.08 bits per heavy atom. The summed E-state index contributed by atoms with van der Waals surface area (Å²) in [6.45, 7) is 7.18. The van der Waals surface area contributed by atoms with Gasteiger partial charge in [-0.1, -0.05) is 45.0 Å². The molecule has 1 aromatic carbocycles. The number of nitrogens with zero attached hydrogens (tertiary/aromatic N) is 1. The number of aryl methyl sites for hydroxylation is 1. The third-order valence-corrected chi connectivity index (χ3v) is 4.49. The number of carbonyl (C=O) groups is 1. The number of fused-ring (bicyclic) bond motifs is 1. The van der Waals surface area contributed by atoms with Gasteiger partial charge in [0.05, 0.1) is 12.2 Å². The average molecular weight is 327 g/mol. The predicted molar refractivity (Wildman–Crippen MR) is 92.9 cm³/mol. The molecule has 1 heterocycles. The van der Waals surface area contributed by atoms with E-state index < -0.39 is 0 Å². The van der Waals surface area contributed by atoms with Crippen molar-refractivity contribution in [3.63, 3.8) is 0 Å². The van der Waals surface area contributed by atoms with Crippen molar-refractivity contribution in [1.29, 1.82) is 0 Å². The fourth-order valence-electron chi connectivity index (χ4n) is 3.03. The summed E-state index contributed by atoms with van der Waals surface area (Å²) in [6.07, 6.45) is 3.84. The molecule has 0 spiro atoms. The molecule has 2 aromatic rings. The van der Waals surface area contributed by atoms with Crippen LogP contribution in [0.25, 0.3) is 0 Å². The summed E-state index contributed by atoms with van der Waals surface area (Å²) in [5.41, 5.74) is 3.60. The highest BCUT2D eigenvalue weighted by Crippen LogP contribution is 2.32. The van der Waals surface area contributed by atoms with Crippen LogP contribution in [0.4, 0.5) is 4.79 Å². The summed E-state index contributed by atoms with van der Waals surface area (Å²) in [5, 5.41) is 5.76. The van der Waals surface area contributed by atoms with Gasteiger partial charge in [-0.05, 0) is 24.0 Å². The van der Waals surface area contributed by atoms with Gasteiger partial charge in [0.15, 0.2) is 0 Å². The van der Waals surface area contributed by atoms with Crippen LogP contribution in [0.15, 0.2) is 34.9 Å². The second-order valence-electron chi connectivity index (χ2n) is 7.37. The molecule has 0 saturated heterocycles. The molecule has 24 heavy (non-hydrogen) atoms. The second-order valence-corrected chi connectivity index (χ2v) is 7.37. The van der Waals surface area contributed by atoms with Crippen LogP contribution in [0.2, 0.25) is 0 Å². The molecule has 2 N–H and O–H groups in total. The average Bonchev–Trinajstić information content (AvgIpc) is 3.17. The van der Waals surface area contributed by atoms with Crippen molar-refractivity contribution in [1.82, 2.24) is 15.6 Å². The summed E-state index contributed by atoms with van der Waals surface area (Å²) in [6, 6.07) is 8.28. The first kappa shape index (κ1) is 16.6. The molecule has 128 valence electrons. The highest BCUT2D eigenvalue weighted by molar-refractivity contribution is 5.73. The van der Waals surface area contributed by atoms with Crippen LogP contribution in [0.3, 0.4) is 0 Å². The zero-order chi connectivity index (χ0) is 17.2. The summed E-state index contributed by atoms with van der Waals surface area (Å²) in [5.74, 6) is 0.933. The molecule has 0 radical (unpaired) electrons. The van der Waals surface area contributed by atoms with Crippen molar-refractivity contribution in [2.24, 2.45) is 0 Å². The Balaban J connectivity index is 1.46. The van der Waals surface area contributed by atoms with Gasteiger partial charge in [0.25, 0.3) is 0 Å². The fraction of sp³-hybridized carbons (Fsp3) is 0.474. The first-order chi connectivity index (χ1) is 11.4. The van der Waals surface area contributed by atoms with E-state index in [1.54, 1.807) is 6.26 Å². The minimum absolute atomic E-state index is 0.0557. The molecule has 5 nitrogen and oxygen atoms in total. The smallest absolute Gasteiger partial charge is 0.315 e. The van der Waals surface area contributed by atoms with Crippen LogP contribution in [-0.2, 0) is 18.4 Å². The molecule has 0 aliphatic heterocycles. The van der Waals surface area contributed by atoms with E-state index in [-0.39, 0.29) is 11.4 Å². The molecule has 0 fully saturated rings. The van der Waals surface area contributed by atoms with Crippen LogP contribution in [-0.4, -0.2) is 17.6 Å².